The number of esters is 1. The van der Waals surface area contributed by atoms with Crippen LogP contribution < -0.4 is 9.47 Å². The molecule has 116 valence electrons. The van der Waals surface area contributed by atoms with Crippen molar-refractivity contribution in [3.8, 4) is 22.8 Å². The first kappa shape index (κ1) is 15.8. The Hall–Kier alpha value is -2.63. The molecule has 2 heterocycles. The van der Waals surface area contributed by atoms with E-state index in [0.29, 0.717) is 36.0 Å². The number of methoxy groups -OCH3 is 1. The van der Waals surface area contributed by atoms with E-state index in [4.69, 9.17) is 14.2 Å². The van der Waals surface area contributed by atoms with Crippen molar-refractivity contribution in [3.05, 3.63) is 36.3 Å². The molecule has 1 aliphatic heterocycles. The SMILES string of the molecule is CC.COC(=O)c1ccc(-c2cnccn2)c2c1OCCO2. The van der Waals surface area contributed by atoms with Crippen molar-refractivity contribution >= 4 is 5.97 Å². The number of aromatic nitrogens is 2. The molecule has 0 spiro atoms. The van der Waals surface area contributed by atoms with Crippen molar-refractivity contribution < 1.29 is 19.0 Å². The molecule has 0 atom stereocenters. The summed E-state index contributed by atoms with van der Waals surface area (Å²) >= 11 is 0. The van der Waals surface area contributed by atoms with Crippen LogP contribution in [-0.2, 0) is 4.74 Å². The third-order valence-corrected chi connectivity index (χ3v) is 2.93. The Balaban J connectivity index is 0.000000847. The van der Waals surface area contributed by atoms with Crippen molar-refractivity contribution in [2.45, 2.75) is 13.8 Å². The molecule has 0 N–H and O–H groups in total. The third-order valence-electron chi connectivity index (χ3n) is 2.93. The van der Waals surface area contributed by atoms with Crippen molar-refractivity contribution in [1.29, 1.82) is 0 Å². The molecule has 1 aliphatic rings. The van der Waals surface area contributed by atoms with E-state index in [0.717, 1.165) is 5.56 Å². The van der Waals surface area contributed by atoms with Gasteiger partial charge in [0.25, 0.3) is 0 Å². The zero-order chi connectivity index (χ0) is 15.9. The fourth-order valence-electron chi connectivity index (χ4n) is 2.05. The molecule has 0 amide bonds. The highest BCUT2D eigenvalue weighted by Crippen LogP contribution is 2.41. The summed E-state index contributed by atoms with van der Waals surface area (Å²) in [5, 5.41) is 0. The number of hydrogen-bond donors (Lipinski definition) is 0. The van der Waals surface area contributed by atoms with Crippen LogP contribution >= 0.6 is 0 Å². The maximum atomic E-state index is 11.7. The minimum Gasteiger partial charge on any atom is -0.485 e. The van der Waals surface area contributed by atoms with Crippen LogP contribution in [0.25, 0.3) is 11.3 Å². The maximum absolute atomic E-state index is 11.7. The first-order chi connectivity index (χ1) is 10.8. The Kier molecular flexibility index (Phi) is 5.30. The molecule has 3 rings (SSSR count). The quantitative estimate of drug-likeness (QED) is 0.794. The summed E-state index contributed by atoms with van der Waals surface area (Å²) in [6.07, 6.45) is 4.82. The Bertz CT molecular complexity index is 644. The summed E-state index contributed by atoms with van der Waals surface area (Å²) in [6.45, 7) is 4.81. The van der Waals surface area contributed by atoms with Gasteiger partial charge in [0.1, 0.15) is 18.8 Å². The first-order valence-electron chi connectivity index (χ1n) is 7.08. The van der Waals surface area contributed by atoms with Crippen LogP contribution in [0.2, 0.25) is 0 Å². The second kappa shape index (κ2) is 7.40. The lowest BCUT2D eigenvalue weighted by molar-refractivity contribution is 0.0590. The van der Waals surface area contributed by atoms with Crippen LogP contribution in [0.1, 0.15) is 24.2 Å². The molecule has 6 heteroatoms. The fraction of sp³-hybridized carbons (Fsp3) is 0.312. The molecule has 0 saturated heterocycles. The average molecular weight is 302 g/mol. The van der Waals surface area contributed by atoms with Gasteiger partial charge in [-0.2, -0.15) is 0 Å². The van der Waals surface area contributed by atoms with E-state index >= 15 is 0 Å². The summed E-state index contributed by atoms with van der Waals surface area (Å²) in [5.41, 5.74) is 1.74. The van der Waals surface area contributed by atoms with Gasteiger partial charge in [-0.05, 0) is 12.1 Å². The largest absolute Gasteiger partial charge is 0.485 e. The zero-order valence-corrected chi connectivity index (χ0v) is 12.8. The zero-order valence-electron chi connectivity index (χ0n) is 12.8. The Morgan fingerprint density at radius 1 is 1.14 bits per heavy atom. The van der Waals surface area contributed by atoms with E-state index in [9.17, 15) is 4.79 Å². The fourth-order valence-corrected chi connectivity index (χ4v) is 2.05. The van der Waals surface area contributed by atoms with Crippen LogP contribution in [0, 0.1) is 0 Å². The van der Waals surface area contributed by atoms with Gasteiger partial charge in [0.05, 0.1) is 19.0 Å². The molecule has 1 aromatic carbocycles. The minimum absolute atomic E-state index is 0.342. The maximum Gasteiger partial charge on any atom is 0.341 e. The number of rotatable bonds is 2. The van der Waals surface area contributed by atoms with E-state index < -0.39 is 5.97 Å². The smallest absolute Gasteiger partial charge is 0.341 e. The highest BCUT2D eigenvalue weighted by molar-refractivity contribution is 5.95. The van der Waals surface area contributed by atoms with Gasteiger partial charge < -0.3 is 14.2 Å². The molecule has 6 nitrogen and oxygen atoms in total. The number of ether oxygens (including phenoxy) is 3. The van der Waals surface area contributed by atoms with E-state index in [2.05, 4.69) is 9.97 Å². The number of carbonyl (C=O) groups excluding carboxylic acids is 1. The molecule has 0 saturated carbocycles. The van der Waals surface area contributed by atoms with Crippen LogP contribution in [0.15, 0.2) is 30.7 Å². The number of carbonyl (C=O) groups is 1. The van der Waals surface area contributed by atoms with Gasteiger partial charge in [0.15, 0.2) is 11.5 Å². The lowest BCUT2D eigenvalue weighted by Crippen LogP contribution is -2.19. The summed E-state index contributed by atoms with van der Waals surface area (Å²) in [7, 11) is 1.33. The Morgan fingerprint density at radius 3 is 2.50 bits per heavy atom. The minimum atomic E-state index is -0.461. The lowest BCUT2D eigenvalue weighted by atomic mass is 10.1. The highest BCUT2D eigenvalue weighted by atomic mass is 16.6. The van der Waals surface area contributed by atoms with E-state index in [1.165, 1.54) is 7.11 Å². The molecule has 0 radical (unpaired) electrons. The number of fused-ring (bicyclic) bond motifs is 1. The van der Waals surface area contributed by atoms with Crippen LogP contribution in [-0.4, -0.2) is 36.3 Å². The first-order valence-corrected chi connectivity index (χ1v) is 7.08. The van der Waals surface area contributed by atoms with Gasteiger partial charge >= 0.3 is 5.97 Å². The van der Waals surface area contributed by atoms with Gasteiger partial charge in [-0.1, -0.05) is 13.8 Å². The molecule has 1 aromatic heterocycles. The number of nitrogens with zero attached hydrogens (tertiary/aromatic N) is 2. The summed E-state index contributed by atoms with van der Waals surface area (Å²) in [5.74, 6) is 0.434. The molecule has 2 aromatic rings. The molecular weight excluding hydrogens is 284 g/mol. The predicted molar refractivity (Wildman–Crippen MR) is 81.1 cm³/mol. The summed E-state index contributed by atoms with van der Waals surface area (Å²) in [6, 6.07) is 3.40. The van der Waals surface area contributed by atoms with Gasteiger partial charge in [0, 0.05) is 18.0 Å². The molecule has 0 fully saturated rings. The second-order valence-corrected chi connectivity index (χ2v) is 4.10. The monoisotopic (exact) mass is 302 g/mol. The third kappa shape index (κ3) is 3.00. The van der Waals surface area contributed by atoms with E-state index in [-0.39, 0.29) is 0 Å². The Labute approximate surface area is 129 Å². The number of hydrogen-bond acceptors (Lipinski definition) is 6. The molecule has 0 aliphatic carbocycles. The van der Waals surface area contributed by atoms with E-state index in [1.54, 1.807) is 30.7 Å². The van der Waals surface area contributed by atoms with Gasteiger partial charge in [-0.3, -0.25) is 9.97 Å². The molecule has 0 bridgehead atoms. The van der Waals surface area contributed by atoms with Gasteiger partial charge in [-0.25, -0.2) is 4.79 Å². The summed E-state index contributed by atoms with van der Waals surface area (Å²) in [4.78, 5) is 20.0. The van der Waals surface area contributed by atoms with Crippen molar-refractivity contribution in [1.82, 2.24) is 9.97 Å². The average Bonchev–Trinajstić information content (AvgIpc) is 2.62. The van der Waals surface area contributed by atoms with Crippen molar-refractivity contribution in [2.75, 3.05) is 20.3 Å². The molecule has 22 heavy (non-hydrogen) atoms. The van der Waals surface area contributed by atoms with Crippen LogP contribution in [0.5, 0.6) is 11.5 Å². The Morgan fingerprint density at radius 2 is 1.86 bits per heavy atom. The lowest BCUT2D eigenvalue weighted by Gasteiger charge is -2.22. The highest BCUT2D eigenvalue weighted by Gasteiger charge is 2.25. The van der Waals surface area contributed by atoms with Crippen molar-refractivity contribution in [2.24, 2.45) is 0 Å². The van der Waals surface area contributed by atoms with Crippen molar-refractivity contribution in [3.63, 3.8) is 0 Å². The number of benzene rings is 1. The van der Waals surface area contributed by atoms with Gasteiger partial charge in [-0.15, -0.1) is 0 Å². The predicted octanol–water partition coefficient (Wildman–Crippen LogP) is 2.73. The second-order valence-electron chi connectivity index (χ2n) is 4.10. The standard InChI is InChI=1S/C14H12N2O4.C2H6/c1-18-14(17)10-3-2-9(11-8-15-4-5-16-11)12-13(10)20-7-6-19-12;1-2/h2-5,8H,6-7H2,1H3;1-2H3. The normalized spacial score (nSPS) is 12.0. The van der Waals surface area contributed by atoms with Crippen LogP contribution in [0.3, 0.4) is 0 Å². The summed E-state index contributed by atoms with van der Waals surface area (Å²) < 4.78 is 16.0. The van der Waals surface area contributed by atoms with Gasteiger partial charge in [0.2, 0.25) is 0 Å². The molecule has 0 unspecified atom stereocenters. The van der Waals surface area contributed by atoms with E-state index in [1.807, 2.05) is 13.8 Å². The molecular formula is C16H18N2O4. The van der Waals surface area contributed by atoms with Crippen LogP contribution in [0.4, 0.5) is 0 Å². The topological polar surface area (TPSA) is 70.5 Å².